The largest absolute Gasteiger partial charge is 0.439 e. The molecule has 0 unspecified atom stereocenters. The van der Waals surface area contributed by atoms with Gasteiger partial charge in [0.25, 0.3) is 0 Å². The number of hydrogen-bond donors (Lipinski definition) is 1. The second-order valence-electron chi connectivity index (χ2n) is 3.25. The minimum Gasteiger partial charge on any atom is -0.408 e. The number of aryl methyl sites for hydroxylation is 1. The maximum Gasteiger partial charge on any atom is 0.439 e. The third kappa shape index (κ3) is 2.04. The number of aromatic nitrogens is 1. The van der Waals surface area contributed by atoms with Crippen LogP contribution in [-0.2, 0) is 0 Å². The van der Waals surface area contributed by atoms with Crippen LogP contribution in [0, 0.1) is 6.92 Å². The lowest BCUT2D eigenvalue weighted by molar-refractivity contribution is 0.495. The summed E-state index contributed by atoms with van der Waals surface area (Å²) in [5.74, 6) is -0.0747. The fourth-order valence-corrected chi connectivity index (χ4v) is 1.30. The molecule has 1 aromatic heterocycles. The maximum absolute atomic E-state index is 11.0. The third-order valence-corrected chi connectivity index (χ3v) is 2.00. The molecule has 0 spiro atoms. The number of nitrogen functional groups attached to an aromatic ring is 1. The van der Waals surface area contributed by atoms with Gasteiger partial charge in [-0.15, -0.1) is 0 Å². The van der Waals surface area contributed by atoms with Crippen molar-refractivity contribution >= 4 is 5.69 Å². The van der Waals surface area contributed by atoms with E-state index in [-0.39, 0.29) is 0 Å². The van der Waals surface area contributed by atoms with Gasteiger partial charge in [0.05, 0.1) is 0 Å². The van der Waals surface area contributed by atoms with E-state index in [2.05, 4.69) is 4.98 Å². The molecule has 2 N–H and O–H groups in total. The van der Waals surface area contributed by atoms with E-state index in [1.807, 2.05) is 0 Å². The monoisotopic (exact) mass is 202 g/mol. The molecule has 0 aliphatic rings. The summed E-state index contributed by atoms with van der Waals surface area (Å²) < 4.78 is 4.98. The Hall–Kier alpha value is -2.10. The zero-order valence-corrected chi connectivity index (χ0v) is 8.23. The molecule has 4 heteroatoms. The summed E-state index contributed by atoms with van der Waals surface area (Å²) in [7, 11) is 0. The molecule has 0 amide bonds. The molecule has 1 aromatic carbocycles. The molecule has 0 saturated heterocycles. The molecule has 2 aromatic rings. The SMILES string of the molecule is Cc1cc(-c2ccc(N)cc2)oc(=O)n1. The highest BCUT2D eigenvalue weighted by molar-refractivity contribution is 5.60. The summed E-state index contributed by atoms with van der Waals surface area (Å²) in [5.41, 5.74) is 7.68. The van der Waals surface area contributed by atoms with Gasteiger partial charge in [-0.05, 0) is 31.2 Å². The average molecular weight is 202 g/mol. The van der Waals surface area contributed by atoms with Crippen LogP contribution >= 0.6 is 0 Å². The van der Waals surface area contributed by atoms with Crippen LogP contribution in [0.4, 0.5) is 5.69 Å². The van der Waals surface area contributed by atoms with Crippen molar-refractivity contribution in [2.45, 2.75) is 6.92 Å². The maximum atomic E-state index is 11.0. The van der Waals surface area contributed by atoms with Crippen LogP contribution < -0.4 is 11.5 Å². The van der Waals surface area contributed by atoms with Crippen LogP contribution in [0.25, 0.3) is 11.3 Å². The lowest BCUT2D eigenvalue weighted by Crippen LogP contribution is -2.05. The molecular weight excluding hydrogens is 192 g/mol. The van der Waals surface area contributed by atoms with Gasteiger partial charge >= 0.3 is 5.76 Å². The summed E-state index contributed by atoms with van der Waals surface area (Å²) in [5, 5.41) is 0. The van der Waals surface area contributed by atoms with Gasteiger partial charge in [0, 0.05) is 23.0 Å². The van der Waals surface area contributed by atoms with Gasteiger partial charge in [0.1, 0.15) is 5.76 Å². The standard InChI is InChI=1S/C11H10N2O2/c1-7-6-10(15-11(14)13-7)8-2-4-9(12)5-3-8/h2-6H,12H2,1H3. The zero-order chi connectivity index (χ0) is 10.8. The van der Waals surface area contributed by atoms with Crippen LogP contribution in [0.15, 0.2) is 39.5 Å². The first kappa shape index (κ1) is 9.45. The Morgan fingerprint density at radius 1 is 1.27 bits per heavy atom. The van der Waals surface area contributed by atoms with Gasteiger partial charge in [-0.2, -0.15) is 4.98 Å². The number of benzene rings is 1. The average Bonchev–Trinajstić information content (AvgIpc) is 2.17. The highest BCUT2D eigenvalue weighted by Gasteiger charge is 2.02. The van der Waals surface area contributed by atoms with E-state index in [4.69, 9.17) is 10.2 Å². The molecule has 0 saturated carbocycles. The van der Waals surface area contributed by atoms with Gasteiger partial charge in [0.2, 0.25) is 0 Å². The van der Waals surface area contributed by atoms with Crippen molar-refractivity contribution < 1.29 is 4.42 Å². The zero-order valence-electron chi connectivity index (χ0n) is 8.23. The predicted molar refractivity (Wildman–Crippen MR) is 57.4 cm³/mol. The van der Waals surface area contributed by atoms with E-state index in [1.165, 1.54) is 0 Å². The van der Waals surface area contributed by atoms with Gasteiger partial charge in [0.15, 0.2) is 0 Å². The first-order chi connectivity index (χ1) is 7.15. The van der Waals surface area contributed by atoms with Crippen molar-refractivity contribution in [1.29, 1.82) is 0 Å². The molecular formula is C11H10N2O2. The Bertz CT molecular complexity index is 529. The Kier molecular flexibility index (Phi) is 2.25. The van der Waals surface area contributed by atoms with Crippen LogP contribution in [0.1, 0.15) is 5.69 Å². The minimum atomic E-state index is -0.582. The smallest absolute Gasteiger partial charge is 0.408 e. The van der Waals surface area contributed by atoms with E-state index in [0.717, 1.165) is 5.56 Å². The second-order valence-corrected chi connectivity index (χ2v) is 3.25. The van der Waals surface area contributed by atoms with E-state index in [0.29, 0.717) is 17.1 Å². The van der Waals surface area contributed by atoms with E-state index in [9.17, 15) is 4.79 Å². The Labute approximate surface area is 86.4 Å². The Morgan fingerprint density at radius 3 is 2.53 bits per heavy atom. The number of hydrogen-bond acceptors (Lipinski definition) is 4. The number of nitrogens with two attached hydrogens (primary N) is 1. The van der Waals surface area contributed by atoms with Crippen molar-refractivity contribution in [1.82, 2.24) is 4.98 Å². The fourth-order valence-electron chi connectivity index (χ4n) is 1.30. The number of nitrogens with zero attached hydrogens (tertiary/aromatic N) is 1. The minimum absolute atomic E-state index is 0.507. The van der Waals surface area contributed by atoms with Crippen molar-refractivity contribution in [3.63, 3.8) is 0 Å². The molecule has 0 radical (unpaired) electrons. The molecule has 1 heterocycles. The van der Waals surface area contributed by atoms with E-state index < -0.39 is 5.76 Å². The third-order valence-electron chi connectivity index (χ3n) is 2.00. The number of rotatable bonds is 1. The predicted octanol–water partition coefficient (Wildman–Crippen LogP) is 1.59. The second kappa shape index (κ2) is 3.57. The normalized spacial score (nSPS) is 10.2. The first-order valence-electron chi connectivity index (χ1n) is 4.50. The quantitative estimate of drug-likeness (QED) is 0.713. The highest BCUT2D eigenvalue weighted by atomic mass is 16.4. The number of anilines is 1. The van der Waals surface area contributed by atoms with E-state index in [1.54, 1.807) is 37.3 Å². The molecule has 4 nitrogen and oxygen atoms in total. The topological polar surface area (TPSA) is 69.1 Å². The Balaban J connectivity index is 2.54. The summed E-state index contributed by atoms with van der Waals surface area (Å²) in [4.78, 5) is 14.7. The van der Waals surface area contributed by atoms with E-state index >= 15 is 0 Å². The van der Waals surface area contributed by atoms with Crippen LogP contribution in [-0.4, -0.2) is 4.98 Å². The molecule has 2 rings (SSSR count). The lowest BCUT2D eigenvalue weighted by atomic mass is 10.1. The van der Waals surface area contributed by atoms with Crippen molar-refractivity contribution in [3.8, 4) is 11.3 Å². The molecule has 0 aliphatic heterocycles. The summed E-state index contributed by atoms with van der Waals surface area (Å²) in [6.07, 6.45) is 0. The molecule has 0 atom stereocenters. The van der Waals surface area contributed by atoms with Gasteiger partial charge in [-0.25, -0.2) is 4.79 Å². The van der Waals surface area contributed by atoms with Crippen molar-refractivity contribution in [2.75, 3.05) is 5.73 Å². The summed E-state index contributed by atoms with van der Waals surface area (Å²) in [6.45, 7) is 1.75. The lowest BCUT2D eigenvalue weighted by Gasteiger charge is -2.00. The Morgan fingerprint density at radius 2 is 1.93 bits per heavy atom. The summed E-state index contributed by atoms with van der Waals surface area (Å²) >= 11 is 0. The van der Waals surface area contributed by atoms with Gasteiger partial charge in [-0.1, -0.05) is 0 Å². The van der Waals surface area contributed by atoms with Gasteiger partial charge in [-0.3, -0.25) is 0 Å². The first-order valence-corrected chi connectivity index (χ1v) is 4.50. The van der Waals surface area contributed by atoms with Crippen molar-refractivity contribution in [2.24, 2.45) is 0 Å². The molecule has 76 valence electrons. The van der Waals surface area contributed by atoms with Gasteiger partial charge < -0.3 is 10.2 Å². The van der Waals surface area contributed by atoms with Crippen LogP contribution in [0.5, 0.6) is 0 Å². The van der Waals surface area contributed by atoms with Crippen LogP contribution in [0.3, 0.4) is 0 Å². The fraction of sp³-hybridized carbons (Fsp3) is 0.0909. The molecule has 0 aliphatic carbocycles. The highest BCUT2D eigenvalue weighted by Crippen LogP contribution is 2.19. The summed E-state index contributed by atoms with van der Waals surface area (Å²) in [6, 6.07) is 8.82. The van der Waals surface area contributed by atoms with Crippen LogP contribution in [0.2, 0.25) is 0 Å². The molecule has 15 heavy (non-hydrogen) atoms. The molecule has 0 fully saturated rings. The van der Waals surface area contributed by atoms with Crippen molar-refractivity contribution in [3.05, 3.63) is 46.6 Å². The molecule has 0 bridgehead atoms.